The number of aliphatic hydroxyl groups is 1. The van der Waals surface area contributed by atoms with Crippen LogP contribution in [0.15, 0.2) is 0 Å². The number of hydrogen-bond acceptors (Lipinski definition) is 3. The molecule has 3 nitrogen and oxygen atoms in total. The van der Waals surface area contributed by atoms with E-state index in [1.807, 2.05) is 0 Å². The number of nitrogens with two attached hydrogens (primary N) is 1. The van der Waals surface area contributed by atoms with Crippen LogP contribution in [0.5, 0.6) is 0 Å². The standard InChI is InChI=1S/C8H19NO2/c9-5-4-8-11-7-3-1-2-6-10/h10H,1-9H2. The number of ether oxygens (including phenoxy) is 1. The largest absolute Gasteiger partial charge is 0.396 e. The van der Waals surface area contributed by atoms with Crippen molar-refractivity contribution < 1.29 is 9.84 Å². The molecule has 0 radical (unpaired) electrons. The average molecular weight is 161 g/mol. The molecule has 0 fully saturated rings. The fourth-order valence-electron chi connectivity index (χ4n) is 0.780. The summed E-state index contributed by atoms with van der Waals surface area (Å²) in [6.45, 7) is 2.58. The molecule has 0 atom stereocenters. The van der Waals surface area contributed by atoms with Crippen LogP contribution in [-0.4, -0.2) is 31.5 Å². The molecule has 11 heavy (non-hydrogen) atoms. The molecule has 0 amide bonds. The minimum atomic E-state index is 0.294. The summed E-state index contributed by atoms with van der Waals surface area (Å²) in [7, 11) is 0. The first-order valence-electron chi connectivity index (χ1n) is 4.30. The Labute approximate surface area is 68.5 Å². The number of aliphatic hydroxyl groups excluding tert-OH is 1. The van der Waals surface area contributed by atoms with Crippen molar-refractivity contribution in [2.45, 2.75) is 25.7 Å². The third-order valence-corrected chi connectivity index (χ3v) is 1.44. The minimum Gasteiger partial charge on any atom is -0.396 e. The van der Waals surface area contributed by atoms with E-state index in [2.05, 4.69) is 0 Å². The number of rotatable bonds is 8. The number of hydrogen-bond donors (Lipinski definition) is 2. The van der Waals surface area contributed by atoms with Gasteiger partial charge in [0, 0.05) is 19.8 Å². The van der Waals surface area contributed by atoms with Gasteiger partial charge >= 0.3 is 0 Å². The third-order valence-electron chi connectivity index (χ3n) is 1.44. The Bertz CT molecular complexity index is 61.1. The summed E-state index contributed by atoms with van der Waals surface area (Å²) in [6, 6.07) is 0. The molecule has 3 N–H and O–H groups in total. The van der Waals surface area contributed by atoms with Gasteiger partial charge in [0.05, 0.1) is 0 Å². The molecule has 3 heteroatoms. The van der Waals surface area contributed by atoms with Gasteiger partial charge in [0.1, 0.15) is 0 Å². The zero-order valence-corrected chi connectivity index (χ0v) is 7.09. The Morgan fingerprint density at radius 1 is 1.00 bits per heavy atom. The van der Waals surface area contributed by atoms with Crippen molar-refractivity contribution in [1.29, 1.82) is 0 Å². The quantitative estimate of drug-likeness (QED) is 0.510. The summed E-state index contributed by atoms with van der Waals surface area (Å²) >= 11 is 0. The van der Waals surface area contributed by atoms with Crippen LogP contribution >= 0.6 is 0 Å². The monoisotopic (exact) mass is 161 g/mol. The van der Waals surface area contributed by atoms with E-state index >= 15 is 0 Å². The smallest absolute Gasteiger partial charge is 0.0478 e. The molecule has 0 aromatic heterocycles. The normalized spacial score (nSPS) is 10.4. The molecule has 0 unspecified atom stereocenters. The van der Waals surface area contributed by atoms with Gasteiger partial charge in [-0.05, 0) is 32.2 Å². The molecule has 0 spiro atoms. The van der Waals surface area contributed by atoms with E-state index in [4.69, 9.17) is 15.6 Å². The predicted molar refractivity (Wildman–Crippen MR) is 45.4 cm³/mol. The van der Waals surface area contributed by atoms with E-state index < -0.39 is 0 Å². The van der Waals surface area contributed by atoms with Gasteiger partial charge in [-0.1, -0.05) is 0 Å². The molecule has 0 rings (SSSR count). The van der Waals surface area contributed by atoms with Gasteiger partial charge in [-0.2, -0.15) is 0 Å². The molecular weight excluding hydrogens is 142 g/mol. The Balaban J connectivity index is 2.69. The topological polar surface area (TPSA) is 55.5 Å². The Hall–Kier alpha value is -0.120. The third kappa shape index (κ3) is 9.88. The molecule has 0 bridgehead atoms. The second-order valence-corrected chi connectivity index (χ2v) is 2.54. The van der Waals surface area contributed by atoms with Crippen molar-refractivity contribution in [3.63, 3.8) is 0 Å². The van der Waals surface area contributed by atoms with Crippen LogP contribution in [0.3, 0.4) is 0 Å². The van der Waals surface area contributed by atoms with Crippen molar-refractivity contribution in [3.05, 3.63) is 0 Å². The van der Waals surface area contributed by atoms with E-state index in [0.29, 0.717) is 13.2 Å². The zero-order chi connectivity index (χ0) is 8.36. The van der Waals surface area contributed by atoms with Crippen LogP contribution in [0.1, 0.15) is 25.7 Å². The maximum absolute atomic E-state index is 8.45. The summed E-state index contributed by atoms with van der Waals surface area (Å²) in [4.78, 5) is 0. The Morgan fingerprint density at radius 2 is 1.73 bits per heavy atom. The van der Waals surface area contributed by atoms with Gasteiger partial charge in [0.15, 0.2) is 0 Å². The first-order chi connectivity index (χ1) is 5.41. The predicted octanol–water partition coefficient (Wildman–Crippen LogP) is 0.514. The van der Waals surface area contributed by atoms with Gasteiger partial charge in [0.2, 0.25) is 0 Å². The van der Waals surface area contributed by atoms with Crippen molar-refractivity contribution >= 4 is 0 Å². The highest BCUT2D eigenvalue weighted by Gasteiger charge is 1.88. The average Bonchev–Trinajstić information content (AvgIpc) is 2.03. The fraction of sp³-hybridized carbons (Fsp3) is 1.00. The zero-order valence-electron chi connectivity index (χ0n) is 7.09. The lowest BCUT2D eigenvalue weighted by atomic mass is 10.2. The SMILES string of the molecule is NCCCOCCCCCO. The van der Waals surface area contributed by atoms with Crippen LogP contribution in [0, 0.1) is 0 Å². The second-order valence-electron chi connectivity index (χ2n) is 2.54. The maximum Gasteiger partial charge on any atom is 0.0478 e. The van der Waals surface area contributed by atoms with Gasteiger partial charge < -0.3 is 15.6 Å². The van der Waals surface area contributed by atoms with E-state index in [9.17, 15) is 0 Å². The lowest BCUT2D eigenvalue weighted by Gasteiger charge is -2.01. The Kier molecular flexibility index (Phi) is 9.77. The van der Waals surface area contributed by atoms with Gasteiger partial charge in [0.25, 0.3) is 0 Å². The van der Waals surface area contributed by atoms with Gasteiger partial charge in [-0.3, -0.25) is 0 Å². The highest BCUT2D eigenvalue weighted by molar-refractivity contribution is 4.40. The van der Waals surface area contributed by atoms with Crippen LogP contribution < -0.4 is 5.73 Å². The first-order valence-corrected chi connectivity index (χ1v) is 4.30. The van der Waals surface area contributed by atoms with E-state index in [0.717, 1.165) is 38.9 Å². The molecular formula is C8H19NO2. The molecule has 0 aliphatic heterocycles. The fourth-order valence-corrected chi connectivity index (χ4v) is 0.780. The van der Waals surface area contributed by atoms with Crippen molar-refractivity contribution in [2.75, 3.05) is 26.4 Å². The molecule has 68 valence electrons. The lowest BCUT2D eigenvalue weighted by Crippen LogP contribution is -2.05. The lowest BCUT2D eigenvalue weighted by molar-refractivity contribution is 0.127. The van der Waals surface area contributed by atoms with E-state index in [1.165, 1.54) is 0 Å². The molecule has 0 saturated heterocycles. The minimum absolute atomic E-state index is 0.294. The first kappa shape index (κ1) is 10.9. The van der Waals surface area contributed by atoms with Crippen molar-refractivity contribution in [3.8, 4) is 0 Å². The summed E-state index contributed by atoms with van der Waals surface area (Å²) in [5, 5.41) is 8.45. The highest BCUT2D eigenvalue weighted by Crippen LogP contribution is 1.94. The Morgan fingerprint density at radius 3 is 2.36 bits per heavy atom. The summed E-state index contributed by atoms with van der Waals surface area (Å²) < 4.78 is 5.26. The molecule has 0 heterocycles. The van der Waals surface area contributed by atoms with Crippen molar-refractivity contribution in [1.82, 2.24) is 0 Å². The van der Waals surface area contributed by atoms with Crippen molar-refractivity contribution in [2.24, 2.45) is 5.73 Å². The van der Waals surface area contributed by atoms with Crippen LogP contribution in [0.25, 0.3) is 0 Å². The molecule has 0 aromatic carbocycles. The van der Waals surface area contributed by atoms with Gasteiger partial charge in [-0.15, -0.1) is 0 Å². The second kappa shape index (κ2) is 9.88. The summed E-state index contributed by atoms with van der Waals surface area (Å²) in [5.41, 5.74) is 5.28. The molecule has 0 aliphatic rings. The van der Waals surface area contributed by atoms with Gasteiger partial charge in [-0.25, -0.2) is 0 Å². The van der Waals surface area contributed by atoms with Crippen LogP contribution in [-0.2, 0) is 4.74 Å². The molecule has 0 aliphatic carbocycles. The van der Waals surface area contributed by atoms with E-state index in [1.54, 1.807) is 0 Å². The summed E-state index contributed by atoms with van der Waals surface area (Å²) in [6.07, 6.45) is 3.94. The van der Waals surface area contributed by atoms with Crippen LogP contribution in [0.4, 0.5) is 0 Å². The van der Waals surface area contributed by atoms with Crippen LogP contribution in [0.2, 0.25) is 0 Å². The summed E-state index contributed by atoms with van der Waals surface area (Å²) in [5.74, 6) is 0. The maximum atomic E-state index is 8.45. The molecule has 0 aromatic rings. The van der Waals surface area contributed by atoms with E-state index in [-0.39, 0.29) is 0 Å². The highest BCUT2D eigenvalue weighted by atomic mass is 16.5. The molecule has 0 saturated carbocycles. The number of unbranched alkanes of at least 4 members (excludes halogenated alkanes) is 2.